The van der Waals surface area contributed by atoms with Crippen molar-refractivity contribution in [3.8, 4) is 5.69 Å². The third-order valence-electron chi connectivity index (χ3n) is 5.29. The fourth-order valence-corrected chi connectivity index (χ4v) is 3.87. The topological polar surface area (TPSA) is 101 Å². The molecule has 0 unspecified atom stereocenters. The zero-order valence-electron chi connectivity index (χ0n) is 17.8. The van der Waals surface area contributed by atoms with Crippen LogP contribution in [0.3, 0.4) is 0 Å². The lowest BCUT2D eigenvalue weighted by atomic mass is 9.40. The number of nitrogens with one attached hydrogen (secondary N) is 2. The van der Waals surface area contributed by atoms with E-state index in [4.69, 9.17) is 23.5 Å². The molecular weight excluding hydrogens is 430 g/mol. The molecule has 0 aliphatic rings. The summed E-state index contributed by atoms with van der Waals surface area (Å²) in [4.78, 5) is 33.7. The lowest BCUT2D eigenvalue weighted by Crippen LogP contribution is -2.31. The third kappa shape index (κ3) is 4.07. The van der Waals surface area contributed by atoms with Crippen molar-refractivity contribution in [1.29, 1.82) is 0 Å². The molecule has 12 heteroatoms. The van der Waals surface area contributed by atoms with Crippen LogP contribution in [0.1, 0.15) is 18.3 Å². The number of rotatable bonds is 6. The molecule has 0 saturated heterocycles. The Balaban J connectivity index is 1.77. The molecular formula is C22H15B3FN7O. The van der Waals surface area contributed by atoms with Crippen LogP contribution in [0.4, 0.5) is 10.2 Å². The average molecular weight is 445 g/mol. The van der Waals surface area contributed by atoms with E-state index in [1.54, 1.807) is 36.4 Å². The van der Waals surface area contributed by atoms with Gasteiger partial charge in [-0.25, -0.2) is 24.3 Å². The number of H-pyrrole nitrogens is 1. The summed E-state index contributed by atoms with van der Waals surface area (Å²) in [6.45, 7) is 0. The first-order valence-corrected chi connectivity index (χ1v) is 10.4. The van der Waals surface area contributed by atoms with Gasteiger partial charge in [-0.2, -0.15) is 0 Å². The molecule has 1 atom stereocenters. The summed E-state index contributed by atoms with van der Waals surface area (Å²) in [5.74, 6) is -0.0622. The minimum absolute atomic E-state index is 0.0489. The average Bonchev–Trinajstić information content (AvgIpc) is 3.28. The number of halogens is 1. The molecule has 0 bridgehead atoms. The summed E-state index contributed by atoms with van der Waals surface area (Å²) < 4.78 is 16.0. The van der Waals surface area contributed by atoms with E-state index in [0.29, 0.717) is 22.7 Å². The minimum atomic E-state index is -1.63. The highest BCUT2D eigenvalue weighted by Gasteiger charge is 2.27. The number of hydrogen-bond donors (Lipinski definition) is 2. The second kappa shape index (κ2) is 8.44. The molecule has 0 aliphatic heterocycles. The number of para-hydroxylation sites is 1. The predicted octanol–water partition coefficient (Wildman–Crippen LogP) is 2.31. The smallest absolute Gasteiger partial charge is 0.269 e. The molecule has 160 valence electrons. The van der Waals surface area contributed by atoms with Gasteiger partial charge >= 0.3 is 0 Å². The van der Waals surface area contributed by atoms with Gasteiger partial charge < -0.3 is 10.3 Å². The van der Waals surface area contributed by atoms with Crippen LogP contribution < -0.4 is 10.9 Å². The summed E-state index contributed by atoms with van der Waals surface area (Å²) >= 11 is 0. The monoisotopic (exact) mass is 445 g/mol. The Hall–Kier alpha value is -3.95. The van der Waals surface area contributed by atoms with Crippen molar-refractivity contribution in [2.24, 2.45) is 0 Å². The Morgan fingerprint density at radius 3 is 2.62 bits per heavy atom. The van der Waals surface area contributed by atoms with Gasteiger partial charge in [-0.15, -0.1) is 5.11 Å². The van der Waals surface area contributed by atoms with E-state index < -0.39 is 22.5 Å². The highest BCUT2D eigenvalue weighted by Crippen LogP contribution is 2.32. The zero-order chi connectivity index (χ0) is 23.9. The summed E-state index contributed by atoms with van der Waals surface area (Å²) in [5.41, 5.74) is 1.06. The Morgan fingerprint density at radius 1 is 1.06 bits per heavy atom. The maximum atomic E-state index is 14.7. The Morgan fingerprint density at radius 2 is 1.85 bits per heavy atom. The van der Waals surface area contributed by atoms with Gasteiger partial charge in [-0.1, -0.05) is 24.3 Å². The molecule has 2 N–H and O–H groups in total. The number of nitrogens with zero attached hydrogens (tertiary/aromatic N) is 5. The zero-order valence-corrected chi connectivity index (χ0v) is 17.8. The normalized spacial score (nSPS) is 12.7. The van der Waals surface area contributed by atoms with Gasteiger partial charge in [0.1, 0.15) is 28.9 Å². The van der Waals surface area contributed by atoms with Gasteiger partial charge in [-0.05, 0) is 30.7 Å². The van der Waals surface area contributed by atoms with E-state index in [1.807, 2.05) is 0 Å². The van der Waals surface area contributed by atoms with Crippen LogP contribution in [-0.2, 0) is 0 Å². The van der Waals surface area contributed by atoms with Crippen LogP contribution >= 0.6 is 0 Å². The van der Waals surface area contributed by atoms with Crippen LogP contribution in [0.5, 0.6) is 0 Å². The van der Waals surface area contributed by atoms with Crippen molar-refractivity contribution in [2.75, 3.05) is 5.32 Å². The van der Waals surface area contributed by atoms with Gasteiger partial charge in [0.25, 0.3) is 5.56 Å². The molecule has 8 nitrogen and oxygen atoms in total. The molecule has 3 aromatic heterocycles. The summed E-state index contributed by atoms with van der Waals surface area (Å²) in [6, 6.07) is 12.2. The van der Waals surface area contributed by atoms with Gasteiger partial charge in [0.2, 0.25) is 0 Å². The Bertz CT molecular complexity index is 1550. The highest BCUT2D eigenvalue weighted by molar-refractivity contribution is 6.58. The largest absolute Gasteiger partial charge is 0.358 e. The molecule has 3 heterocycles. The molecule has 0 aliphatic carbocycles. The molecule has 6 radical (unpaired) electrons. The van der Waals surface area contributed by atoms with Gasteiger partial charge in [0.05, 0.1) is 47.1 Å². The van der Waals surface area contributed by atoms with Crippen LogP contribution in [0.15, 0.2) is 66.0 Å². The summed E-state index contributed by atoms with van der Waals surface area (Å²) in [5, 5.41) is 1.46. The van der Waals surface area contributed by atoms with Crippen LogP contribution in [0.2, 0.25) is 5.11 Å². The number of anilines is 1. The van der Waals surface area contributed by atoms with Gasteiger partial charge in [0, 0.05) is 0 Å². The first-order chi connectivity index (χ1) is 16.3. The van der Waals surface area contributed by atoms with Gasteiger partial charge in [-0.3, -0.25) is 9.36 Å². The molecule has 2 aromatic carbocycles. The van der Waals surface area contributed by atoms with E-state index in [2.05, 4.69) is 30.2 Å². The van der Waals surface area contributed by atoms with Crippen LogP contribution in [0, 0.1) is 5.82 Å². The van der Waals surface area contributed by atoms with E-state index in [9.17, 15) is 9.18 Å². The van der Waals surface area contributed by atoms with Crippen molar-refractivity contribution >= 4 is 51.4 Å². The van der Waals surface area contributed by atoms with E-state index in [0.717, 1.165) is 0 Å². The van der Waals surface area contributed by atoms with Crippen molar-refractivity contribution in [1.82, 2.24) is 29.5 Å². The number of aromatic nitrogens is 6. The lowest BCUT2D eigenvalue weighted by molar-refractivity contribution is 0.620. The second-order valence-corrected chi connectivity index (χ2v) is 7.92. The lowest BCUT2D eigenvalue weighted by Gasteiger charge is -2.29. The fraction of sp³-hybridized carbons (Fsp3) is 0.136. The molecule has 0 saturated carbocycles. The van der Waals surface area contributed by atoms with E-state index in [1.165, 1.54) is 29.4 Å². The standard InChI is InChI=1S/C22H15B3FN7O/c23-22(24,25)9-15(31-19-17-18(28-10-27-17)29-11-30-19)20-32-14-8-4-7-13(26)16(14)21(34)33(20)12-5-2-1-3-6-12/h1-8,10-11,15H,9H2,(H2,27,28,29,30,31)/t15-/m0/s1. The highest BCUT2D eigenvalue weighted by atomic mass is 19.1. The molecule has 0 spiro atoms. The number of benzene rings is 2. The van der Waals surface area contributed by atoms with Crippen molar-refractivity contribution < 1.29 is 4.39 Å². The predicted molar refractivity (Wildman–Crippen MR) is 130 cm³/mol. The van der Waals surface area contributed by atoms with Crippen molar-refractivity contribution in [2.45, 2.75) is 17.6 Å². The summed E-state index contributed by atoms with van der Waals surface area (Å²) in [7, 11) is 17.9. The molecule has 34 heavy (non-hydrogen) atoms. The number of hydrogen-bond acceptors (Lipinski definition) is 6. The van der Waals surface area contributed by atoms with Crippen molar-refractivity contribution in [3.05, 3.63) is 83.2 Å². The molecule has 0 fully saturated rings. The quantitative estimate of drug-likeness (QED) is 0.390. The minimum Gasteiger partial charge on any atom is -0.358 e. The Labute approximate surface area is 197 Å². The van der Waals surface area contributed by atoms with Crippen LogP contribution in [-0.4, -0.2) is 53.0 Å². The van der Waals surface area contributed by atoms with Gasteiger partial charge in [0.15, 0.2) is 11.5 Å². The Kier molecular flexibility index (Phi) is 5.43. The third-order valence-corrected chi connectivity index (χ3v) is 5.29. The SMILES string of the molecule is [B]C([B])([B])C[C@H](Nc1ncnc2nc[nH]c12)c1nc2cccc(F)c2c(=O)n1-c1ccccc1. The number of imidazole rings is 1. The fourth-order valence-electron chi connectivity index (χ4n) is 3.87. The number of aromatic amines is 1. The van der Waals surface area contributed by atoms with E-state index in [-0.39, 0.29) is 23.1 Å². The first kappa shape index (κ1) is 21.9. The maximum Gasteiger partial charge on any atom is 0.269 e. The molecule has 5 aromatic rings. The first-order valence-electron chi connectivity index (χ1n) is 10.4. The van der Waals surface area contributed by atoms with Crippen molar-refractivity contribution in [3.63, 3.8) is 0 Å². The second-order valence-electron chi connectivity index (χ2n) is 7.92. The van der Waals surface area contributed by atoms with E-state index >= 15 is 0 Å². The molecule has 0 amide bonds. The number of fused-ring (bicyclic) bond motifs is 2. The molecule has 5 rings (SSSR count). The maximum absolute atomic E-state index is 14.7. The van der Waals surface area contributed by atoms with Crippen LogP contribution in [0.25, 0.3) is 27.8 Å². The summed E-state index contributed by atoms with van der Waals surface area (Å²) in [6.07, 6.45) is 2.78.